The SMILES string of the molecule is COc1cccc(N(CCC(=O)NCc2ccc(Cl)cc2)C(C)=O)c1. The number of anilines is 1. The Morgan fingerprint density at radius 3 is 2.52 bits per heavy atom. The van der Waals surface area contributed by atoms with E-state index in [9.17, 15) is 9.59 Å². The highest BCUT2D eigenvalue weighted by Crippen LogP contribution is 2.21. The van der Waals surface area contributed by atoms with E-state index in [-0.39, 0.29) is 18.2 Å². The van der Waals surface area contributed by atoms with Gasteiger partial charge in [0.25, 0.3) is 0 Å². The van der Waals surface area contributed by atoms with E-state index in [2.05, 4.69) is 5.32 Å². The number of rotatable bonds is 7. The summed E-state index contributed by atoms with van der Waals surface area (Å²) in [6.45, 7) is 2.20. The van der Waals surface area contributed by atoms with Crippen LogP contribution in [0.2, 0.25) is 5.02 Å². The number of hydrogen-bond acceptors (Lipinski definition) is 3. The molecule has 25 heavy (non-hydrogen) atoms. The molecule has 0 spiro atoms. The van der Waals surface area contributed by atoms with Gasteiger partial charge >= 0.3 is 0 Å². The van der Waals surface area contributed by atoms with Crippen molar-refractivity contribution in [1.29, 1.82) is 0 Å². The van der Waals surface area contributed by atoms with Gasteiger partial charge in [-0.05, 0) is 29.8 Å². The normalized spacial score (nSPS) is 10.2. The van der Waals surface area contributed by atoms with Crippen molar-refractivity contribution in [3.8, 4) is 5.75 Å². The van der Waals surface area contributed by atoms with E-state index >= 15 is 0 Å². The zero-order valence-electron chi connectivity index (χ0n) is 14.3. The van der Waals surface area contributed by atoms with E-state index in [0.29, 0.717) is 29.5 Å². The minimum atomic E-state index is -0.126. The second kappa shape index (κ2) is 9.08. The van der Waals surface area contributed by atoms with Gasteiger partial charge in [-0.1, -0.05) is 29.8 Å². The van der Waals surface area contributed by atoms with Crippen molar-refractivity contribution in [2.45, 2.75) is 19.9 Å². The Bertz CT molecular complexity index is 732. The quantitative estimate of drug-likeness (QED) is 0.823. The molecular formula is C19H21ClN2O3. The first-order valence-electron chi connectivity index (χ1n) is 7.93. The number of methoxy groups -OCH3 is 1. The summed E-state index contributed by atoms with van der Waals surface area (Å²) in [5, 5.41) is 3.50. The number of nitrogens with one attached hydrogen (secondary N) is 1. The van der Waals surface area contributed by atoms with Crippen molar-refractivity contribution in [2.24, 2.45) is 0 Å². The van der Waals surface area contributed by atoms with Crippen LogP contribution in [0.5, 0.6) is 5.75 Å². The molecule has 5 nitrogen and oxygen atoms in total. The smallest absolute Gasteiger partial charge is 0.223 e. The number of hydrogen-bond donors (Lipinski definition) is 1. The zero-order valence-corrected chi connectivity index (χ0v) is 15.0. The van der Waals surface area contributed by atoms with Crippen molar-refractivity contribution >= 4 is 29.1 Å². The van der Waals surface area contributed by atoms with Crippen molar-refractivity contribution in [3.63, 3.8) is 0 Å². The highest BCUT2D eigenvalue weighted by atomic mass is 35.5. The lowest BCUT2D eigenvalue weighted by Gasteiger charge is -2.21. The Hall–Kier alpha value is -2.53. The fourth-order valence-electron chi connectivity index (χ4n) is 2.35. The van der Waals surface area contributed by atoms with Crippen molar-refractivity contribution in [1.82, 2.24) is 5.32 Å². The van der Waals surface area contributed by atoms with Crippen LogP contribution in [0.15, 0.2) is 48.5 Å². The molecule has 0 aromatic heterocycles. The summed E-state index contributed by atoms with van der Waals surface area (Å²) < 4.78 is 5.18. The second-order valence-electron chi connectivity index (χ2n) is 5.53. The summed E-state index contributed by atoms with van der Waals surface area (Å²) in [6, 6.07) is 14.5. The molecule has 0 saturated heterocycles. The van der Waals surface area contributed by atoms with E-state index in [0.717, 1.165) is 5.56 Å². The maximum Gasteiger partial charge on any atom is 0.223 e. The van der Waals surface area contributed by atoms with Crippen LogP contribution in [0, 0.1) is 0 Å². The Morgan fingerprint density at radius 1 is 1.16 bits per heavy atom. The predicted molar refractivity (Wildman–Crippen MR) is 98.9 cm³/mol. The van der Waals surface area contributed by atoms with Crippen molar-refractivity contribution in [2.75, 3.05) is 18.6 Å². The topological polar surface area (TPSA) is 58.6 Å². The van der Waals surface area contributed by atoms with Crippen LogP contribution in [0.4, 0.5) is 5.69 Å². The van der Waals surface area contributed by atoms with Gasteiger partial charge in [-0.3, -0.25) is 9.59 Å². The molecule has 0 unspecified atom stereocenters. The molecule has 0 heterocycles. The van der Waals surface area contributed by atoms with Crippen LogP contribution in [0.1, 0.15) is 18.9 Å². The van der Waals surface area contributed by atoms with E-state index in [1.807, 2.05) is 24.3 Å². The van der Waals surface area contributed by atoms with Gasteiger partial charge in [0.2, 0.25) is 11.8 Å². The number of ether oxygens (including phenoxy) is 1. The van der Waals surface area contributed by atoms with Crippen molar-refractivity contribution in [3.05, 3.63) is 59.1 Å². The fraction of sp³-hybridized carbons (Fsp3) is 0.263. The number of halogens is 1. The highest BCUT2D eigenvalue weighted by Gasteiger charge is 2.14. The van der Waals surface area contributed by atoms with Crippen LogP contribution >= 0.6 is 11.6 Å². The van der Waals surface area contributed by atoms with Crippen LogP contribution in [0.3, 0.4) is 0 Å². The first-order chi connectivity index (χ1) is 12.0. The molecule has 0 bridgehead atoms. The molecule has 132 valence electrons. The first-order valence-corrected chi connectivity index (χ1v) is 8.30. The van der Waals surface area contributed by atoms with Gasteiger partial charge in [0, 0.05) is 43.2 Å². The molecule has 0 fully saturated rings. The molecule has 0 radical (unpaired) electrons. The number of amides is 2. The Morgan fingerprint density at radius 2 is 1.88 bits per heavy atom. The van der Waals surface area contributed by atoms with Crippen molar-refractivity contribution < 1.29 is 14.3 Å². The van der Waals surface area contributed by atoms with Gasteiger partial charge in [-0.2, -0.15) is 0 Å². The van der Waals surface area contributed by atoms with E-state index < -0.39 is 0 Å². The summed E-state index contributed by atoms with van der Waals surface area (Å²) in [6.07, 6.45) is 0.213. The molecule has 2 amide bonds. The standard InChI is InChI=1S/C19H21ClN2O3/c1-14(23)22(17-4-3-5-18(12-17)25-2)11-10-19(24)21-13-15-6-8-16(20)9-7-15/h3-9,12H,10-11,13H2,1-2H3,(H,21,24). The van der Waals surface area contributed by atoms with Gasteiger partial charge in [0.05, 0.1) is 7.11 Å². The molecular weight excluding hydrogens is 340 g/mol. The first kappa shape index (κ1) is 18.8. The summed E-state index contributed by atoms with van der Waals surface area (Å²) in [7, 11) is 1.57. The van der Waals surface area contributed by atoms with E-state index in [1.165, 1.54) is 6.92 Å². The average Bonchev–Trinajstić information content (AvgIpc) is 2.61. The molecule has 0 aliphatic carbocycles. The number of benzene rings is 2. The third-order valence-corrected chi connectivity index (χ3v) is 3.96. The minimum absolute atomic E-state index is 0.121. The summed E-state index contributed by atoms with van der Waals surface area (Å²) >= 11 is 5.83. The lowest BCUT2D eigenvalue weighted by Crippen LogP contribution is -2.33. The number of carbonyl (C=O) groups excluding carboxylic acids is 2. The Kier molecular flexibility index (Phi) is 6.83. The summed E-state index contributed by atoms with van der Waals surface area (Å²) in [4.78, 5) is 25.5. The molecule has 6 heteroatoms. The maximum absolute atomic E-state index is 12.1. The molecule has 2 aromatic carbocycles. The molecule has 0 aliphatic rings. The van der Waals surface area contributed by atoms with Crippen LogP contribution in [0.25, 0.3) is 0 Å². The maximum atomic E-state index is 12.1. The third kappa shape index (κ3) is 5.80. The largest absolute Gasteiger partial charge is 0.497 e. The molecule has 0 atom stereocenters. The molecule has 2 aromatic rings. The predicted octanol–water partition coefficient (Wildman–Crippen LogP) is 3.41. The van der Waals surface area contributed by atoms with Crippen LogP contribution < -0.4 is 15.0 Å². The summed E-state index contributed by atoms with van der Waals surface area (Å²) in [5.74, 6) is 0.416. The monoisotopic (exact) mass is 360 g/mol. The van der Waals surface area contributed by atoms with Gasteiger partial charge in [0.1, 0.15) is 5.75 Å². The average molecular weight is 361 g/mol. The molecule has 0 aliphatic heterocycles. The van der Waals surface area contributed by atoms with E-state index in [1.54, 1.807) is 36.3 Å². The lowest BCUT2D eigenvalue weighted by atomic mass is 10.2. The fourth-order valence-corrected chi connectivity index (χ4v) is 2.48. The van der Waals surface area contributed by atoms with Gasteiger partial charge in [0.15, 0.2) is 0 Å². The Labute approximate surface area is 152 Å². The highest BCUT2D eigenvalue weighted by molar-refractivity contribution is 6.30. The minimum Gasteiger partial charge on any atom is -0.497 e. The van der Waals surface area contributed by atoms with Gasteiger partial charge < -0.3 is 15.0 Å². The van der Waals surface area contributed by atoms with Crippen LogP contribution in [-0.4, -0.2) is 25.5 Å². The van der Waals surface area contributed by atoms with E-state index in [4.69, 9.17) is 16.3 Å². The molecule has 1 N–H and O–H groups in total. The number of carbonyl (C=O) groups is 2. The Balaban J connectivity index is 1.90. The molecule has 0 saturated carbocycles. The zero-order chi connectivity index (χ0) is 18.2. The third-order valence-electron chi connectivity index (χ3n) is 3.71. The summed E-state index contributed by atoms with van der Waals surface area (Å²) in [5.41, 5.74) is 1.67. The van der Waals surface area contributed by atoms with Gasteiger partial charge in [-0.25, -0.2) is 0 Å². The number of nitrogens with zero attached hydrogens (tertiary/aromatic N) is 1. The second-order valence-corrected chi connectivity index (χ2v) is 5.96. The van der Waals surface area contributed by atoms with Gasteiger partial charge in [-0.15, -0.1) is 0 Å². The van der Waals surface area contributed by atoms with Crippen LogP contribution in [-0.2, 0) is 16.1 Å². The molecule has 2 rings (SSSR count). The lowest BCUT2D eigenvalue weighted by molar-refractivity contribution is -0.121.